The van der Waals surface area contributed by atoms with E-state index in [1.165, 1.54) is 21.1 Å². The summed E-state index contributed by atoms with van der Waals surface area (Å²) in [5.41, 5.74) is 13.3. The zero-order chi connectivity index (χ0) is 30.8. The second kappa shape index (κ2) is 11.1. The monoisotopic (exact) mass is 644 g/mol. The van der Waals surface area contributed by atoms with Gasteiger partial charge in [0.2, 0.25) is 5.95 Å². The van der Waals surface area contributed by atoms with Crippen molar-refractivity contribution in [3.8, 4) is 22.5 Å². The molecule has 3 N–H and O–H groups in total. The number of fused-ring (bicyclic) bond motifs is 6. The highest BCUT2D eigenvalue weighted by Crippen LogP contribution is 2.50. The fraction of sp³-hybridized carbons (Fsp3) is 0.407. The number of hydrogen-bond donors (Lipinski definition) is 2. The molecule has 2 unspecified atom stereocenters. The normalized spacial score (nSPS) is 17.0. The van der Waals surface area contributed by atoms with Crippen LogP contribution >= 0.6 is 38.6 Å². The Kier molecular flexibility index (Phi) is 7.81. The molecule has 5 aromatic rings. The van der Waals surface area contributed by atoms with Gasteiger partial charge in [0.05, 0.1) is 35.2 Å². The molecule has 5 aromatic heterocycles. The minimum Gasteiger partial charge on any atom is -0.375 e. The van der Waals surface area contributed by atoms with E-state index in [-0.39, 0.29) is 10.8 Å². The molecule has 2 atom stereocenters. The van der Waals surface area contributed by atoms with E-state index in [9.17, 15) is 0 Å². The Labute approximate surface area is 264 Å². The molecule has 4 radical (unpaired) electrons. The number of nitrogens with two attached hydrogens (primary N) is 1. The van der Waals surface area contributed by atoms with Gasteiger partial charge in [-0.25, -0.2) is 19.9 Å². The molecule has 0 saturated heterocycles. The van der Waals surface area contributed by atoms with Crippen LogP contribution in [0.4, 0.5) is 16.2 Å². The molecule has 43 heavy (non-hydrogen) atoms. The van der Waals surface area contributed by atoms with Crippen LogP contribution in [0.1, 0.15) is 54.5 Å². The third-order valence-corrected chi connectivity index (χ3v) is 12.0. The molecule has 0 bridgehead atoms. The lowest BCUT2D eigenvalue weighted by atomic mass is 9.79. The Balaban J connectivity index is 0.000000162. The summed E-state index contributed by atoms with van der Waals surface area (Å²) >= 11 is 3.24. The van der Waals surface area contributed by atoms with Gasteiger partial charge in [0, 0.05) is 56.4 Å². The molecule has 7 rings (SSSR count). The Morgan fingerprint density at radius 2 is 1.40 bits per heavy atom. The number of anilines is 3. The van der Waals surface area contributed by atoms with Gasteiger partial charge in [-0.1, -0.05) is 27.7 Å². The number of thiazole rings is 2. The first-order valence-corrected chi connectivity index (χ1v) is 19.0. The SMILES string of the molecule is [B]P(C)n1ncc2c1CC(C)(C)c1sc(N)nc1-2.[B]P(C)n1ncc2c1CC(C)(C)c1sc(Nc3nccc(C)n3)nc1-2. The lowest BCUT2D eigenvalue weighted by Gasteiger charge is -2.29. The fourth-order valence-electron chi connectivity index (χ4n) is 5.60. The van der Waals surface area contributed by atoms with Gasteiger partial charge in [-0.15, -0.1) is 22.7 Å². The lowest BCUT2D eigenvalue weighted by molar-refractivity contribution is 0.515. The molecule has 5 heterocycles. The first kappa shape index (κ1) is 30.4. The third-order valence-electron chi connectivity index (χ3n) is 7.54. The Morgan fingerprint density at radius 1 is 0.860 bits per heavy atom. The van der Waals surface area contributed by atoms with Crippen LogP contribution < -0.4 is 11.1 Å². The average Bonchev–Trinajstić information content (AvgIpc) is 3.68. The molecular formula is C27H32B2N10P2S2. The Bertz CT molecular complexity index is 1820. The number of aromatic nitrogens is 8. The maximum atomic E-state index is 6.13. The van der Waals surface area contributed by atoms with Crippen molar-refractivity contribution < 1.29 is 0 Å². The molecule has 0 aliphatic heterocycles. The van der Waals surface area contributed by atoms with E-state index in [0.717, 1.165) is 46.2 Å². The van der Waals surface area contributed by atoms with Crippen LogP contribution in [0.25, 0.3) is 22.5 Å². The lowest BCUT2D eigenvalue weighted by Crippen LogP contribution is -2.25. The van der Waals surface area contributed by atoms with E-state index in [4.69, 9.17) is 25.8 Å². The quantitative estimate of drug-likeness (QED) is 0.180. The summed E-state index contributed by atoms with van der Waals surface area (Å²) in [5, 5.41) is 13.6. The van der Waals surface area contributed by atoms with Crippen molar-refractivity contribution in [1.29, 1.82) is 0 Å². The summed E-state index contributed by atoms with van der Waals surface area (Å²) in [6.07, 6.45) is 7.34. The second-order valence-corrected chi connectivity index (χ2v) is 17.2. The predicted octanol–water partition coefficient (Wildman–Crippen LogP) is 6.02. The van der Waals surface area contributed by atoms with E-state index >= 15 is 0 Å². The van der Waals surface area contributed by atoms with Crippen LogP contribution in [0, 0.1) is 6.92 Å². The first-order chi connectivity index (χ1) is 20.2. The zero-order valence-electron chi connectivity index (χ0n) is 25.2. The molecule has 16 heteroatoms. The van der Waals surface area contributed by atoms with Crippen molar-refractivity contribution in [2.45, 2.75) is 58.3 Å². The van der Waals surface area contributed by atoms with Crippen LogP contribution in [0.3, 0.4) is 0 Å². The van der Waals surface area contributed by atoms with E-state index in [1.807, 2.05) is 47.6 Å². The number of hydrogen-bond acceptors (Lipinski definition) is 10. The minimum absolute atomic E-state index is 0.0173. The predicted molar refractivity (Wildman–Crippen MR) is 183 cm³/mol. The summed E-state index contributed by atoms with van der Waals surface area (Å²) in [7, 11) is 10.6. The molecular weight excluding hydrogens is 612 g/mol. The van der Waals surface area contributed by atoms with Crippen molar-refractivity contribution in [3.63, 3.8) is 0 Å². The second-order valence-electron chi connectivity index (χ2n) is 12.1. The van der Waals surface area contributed by atoms with Crippen molar-refractivity contribution in [2.24, 2.45) is 0 Å². The first-order valence-electron chi connectivity index (χ1n) is 13.7. The number of aryl methyl sites for hydroxylation is 1. The van der Waals surface area contributed by atoms with Gasteiger partial charge in [0.1, 0.15) is 15.1 Å². The van der Waals surface area contributed by atoms with E-state index in [0.29, 0.717) is 11.1 Å². The smallest absolute Gasteiger partial charge is 0.229 e. The molecule has 218 valence electrons. The molecule has 2 aliphatic rings. The zero-order valence-corrected chi connectivity index (χ0v) is 28.7. The van der Waals surface area contributed by atoms with Gasteiger partial charge in [-0.3, -0.25) is 8.90 Å². The fourth-order valence-corrected chi connectivity index (χ4v) is 9.16. The largest absolute Gasteiger partial charge is 0.375 e. The van der Waals surface area contributed by atoms with Crippen molar-refractivity contribution in [3.05, 3.63) is 51.5 Å². The number of nitrogens with one attached hydrogen (secondary N) is 1. The molecule has 0 aromatic carbocycles. The summed E-state index contributed by atoms with van der Waals surface area (Å²) in [5.74, 6) is 0.568. The van der Waals surface area contributed by atoms with Gasteiger partial charge in [-0.2, -0.15) is 10.2 Å². The van der Waals surface area contributed by atoms with Crippen LogP contribution in [0.15, 0.2) is 24.7 Å². The number of nitrogens with zero attached hydrogens (tertiary/aromatic N) is 8. The summed E-state index contributed by atoms with van der Waals surface area (Å²) in [6.45, 7) is 14.9. The van der Waals surface area contributed by atoms with Crippen LogP contribution in [0.5, 0.6) is 0 Å². The van der Waals surface area contributed by atoms with Gasteiger partial charge < -0.3 is 11.1 Å². The molecule has 0 amide bonds. The van der Waals surface area contributed by atoms with Gasteiger partial charge in [-0.05, 0) is 42.2 Å². The van der Waals surface area contributed by atoms with Crippen molar-refractivity contribution >= 4 is 69.9 Å². The Morgan fingerprint density at radius 3 is 1.93 bits per heavy atom. The molecule has 2 aliphatic carbocycles. The van der Waals surface area contributed by atoms with Crippen LogP contribution in [0.2, 0.25) is 0 Å². The molecule has 0 fully saturated rings. The van der Waals surface area contributed by atoms with Gasteiger partial charge >= 0.3 is 0 Å². The Hall–Kier alpha value is -2.65. The average molecular weight is 644 g/mol. The van der Waals surface area contributed by atoms with Crippen LogP contribution in [-0.4, -0.2) is 67.5 Å². The highest BCUT2D eigenvalue weighted by molar-refractivity contribution is 7.80. The topological polar surface area (TPSA) is 125 Å². The summed E-state index contributed by atoms with van der Waals surface area (Å²) in [4.78, 5) is 20.5. The third kappa shape index (κ3) is 5.56. The van der Waals surface area contributed by atoms with Gasteiger partial charge in [0.15, 0.2) is 10.3 Å². The molecule has 10 nitrogen and oxygen atoms in total. The van der Waals surface area contributed by atoms with Crippen LogP contribution in [-0.2, 0) is 23.7 Å². The maximum Gasteiger partial charge on any atom is 0.229 e. The molecule has 0 saturated carbocycles. The number of nitrogen functional groups attached to an aromatic ring is 1. The summed E-state index contributed by atoms with van der Waals surface area (Å²) in [6, 6.07) is 1.87. The van der Waals surface area contributed by atoms with E-state index in [1.54, 1.807) is 28.9 Å². The highest BCUT2D eigenvalue weighted by atomic mass is 32.1. The summed E-state index contributed by atoms with van der Waals surface area (Å²) < 4.78 is 3.91. The van der Waals surface area contributed by atoms with E-state index < -0.39 is 15.9 Å². The highest BCUT2D eigenvalue weighted by Gasteiger charge is 2.38. The van der Waals surface area contributed by atoms with E-state index in [2.05, 4.69) is 58.2 Å². The van der Waals surface area contributed by atoms with Crippen molar-refractivity contribution in [1.82, 2.24) is 39.0 Å². The maximum absolute atomic E-state index is 6.13. The van der Waals surface area contributed by atoms with Gasteiger partial charge in [0.25, 0.3) is 0 Å². The minimum atomic E-state index is -0.795. The van der Waals surface area contributed by atoms with Crippen molar-refractivity contribution in [2.75, 3.05) is 24.4 Å². The molecule has 0 spiro atoms. The standard InChI is InChI=1S/C16H18BN6PS.C11H14BN4PS/c1-9-5-6-18-14(20-9)22-15-21-12-10-8-19-23(24(4)17)11(10)7-16(2,3)13(12)25-15;1-11(2)4-7-6(5-14-16(7)17(3)12)8-9(11)18-10(13)15-8/h5-6,8H,7H2,1-4H3,(H,18,20,21,22);5H,4H2,1-3H3,(H2,13,15). The number of rotatable bonds is 4.